The second kappa shape index (κ2) is 6.61. The highest BCUT2D eigenvalue weighted by Gasteiger charge is 2.27. The van der Waals surface area contributed by atoms with Crippen LogP contribution in [-0.2, 0) is 13.5 Å². The zero-order chi connectivity index (χ0) is 14.7. The molecule has 1 aromatic heterocycles. The van der Waals surface area contributed by atoms with Crippen LogP contribution < -0.4 is 10.6 Å². The van der Waals surface area contributed by atoms with Crippen LogP contribution in [0.1, 0.15) is 57.2 Å². The molecule has 114 valence electrons. The van der Waals surface area contributed by atoms with Gasteiger partial charge in [0.25, 0.3) is 0 Å². The van der Waals surface area contributed by atoms with E-state index < -0.39 is 0 Å². The predicted molar refractivity (Wildman–Crippen MR) is 85.2 cm³/mol. The Labute approximate surface area is 123 Å². The molecule has 2 rings (SSSR count). The van der Waals surface area contributed by atoms with Gasteiger partial charge in [0, 0.05) is 31.2 Å². The number of rotatable bonds is 6. The second-order valence-corrected chi connectivity index (χ2v) is 6.11. The van der Waals surface area contributed by atoms with Crippen molar-refractivity contribution >= 4 is 5.82 Å². The lowest BCUT2D eigenvalue weighted by atomic mass is 10.0. The van der Waals surface area contributed by atoms with Gasteiger partial charge in [0.15, 0.2) is 0 Å². The Morgan fingerprint density at radius 2 is 2.00 bits per heavy atom. The number of nitrogens with two attached hydrogens (primary N) is 1. The molecule has 0 aliphatic heterocycles. The molecule has 4 nitrogen and oxygen atoms in total. The van der Waals surface area contributed by atoms with Crippen molar-refractivity contribution in [3.05, 3.63) is 11.3 Å². The van der Waals surface area contributed by atoms with Gasteiger partial charge in [-0.05, 0) is 39.5 Å². The molecule has 0 amide bonds. The zero-order valence-corrected chi connectivity index (χ0v) is 13.5. The summed E-state index contributed by atoms with van der Waals surface area (Å²) in [4.78, 5) is 2.56. The monoisotopic (exact) mass is 278 g/mol. The van der Waals surface area contributed by atoms with Crippen molar-refractivity contribution in [2.45, 2.75) is 71.4 Å². The maximum Gasteiger partial charge on any atom is 0.130 e. The third-order valence-electron chi connectivity index (χ3n) is 4.68. The SMILES string of the molecule is CCC(N)Cc1c(C)nn(C)c1N(CC)C1CCCC1. The van der Waals surface area contributed by atoms with Gasteiger partial charge < -0.3 is 10.6 Å². The first kappa shape index (κ1) is 15.4. The van der Waals surface area contributed by atoms with Crippen molar-refractivity contribution in [2.75, 3.05) is 11.4 Å². The summed E-state index contributed by atoms with van der Waals surface area (Å²) in [5.41, 5.74) is 8.69. The van der Waals surface area contributed by atoms with E-state index in [1.54, 1.807) is 0 Å². The van der Waals surface area contributed by atoms with Gasteiger partial charge in [0.05, 0.1) is 5.69 Å². The van der Waals surface area contributed by atoms with Crippen molar-refractivity contribution in [1.29, 1.82) is 0 Å². The fraction of sp³-hybridized carbons (Fsp3) is 0.812. The van der Waals surface area contributed by atoms with Gasteiger partial charge >= 0.3 is 0 Å². The summed E-state index contributed by atoms with van der Waals surface area (Å²) in [7, 11) is 2.07. The zero-order valence-electron chi connectivity index (χ0n) is 13.5. The van der Waals surface area contributed by atoms with Crippen LogP contribution in [0, 0.1) is 6.92 Å². The number of hydrogen-bond donors (Lipinski definition) is 1. The number of aryl methyl sites for hydroxylation is 2. The second-order valence-electron chi connectivity index (χ2n) is 6.11. The summed E-state index contributed by atoms with van der Waals surface area (Å²) in [6.07, 6.45) is 7.32. The lowest BCUT2D eigenvalue weighted by molar-refractivity contribution is 0.584. The average Bonchev–Trinajstić information content (AvgIpc) is 3.03. The molecule has 1 aromatic rings. The van der Waals surface area contributed by atoms with Crippen LogP contribution in [0.4, 0.5) is 5.82 Å². The molecule has 0 bridgehead atoms. The van der Waals surface area contributed by atoms with Gasteiger partial charge in [0.2, 0.25) is 0 Å². The molecule has 4 heteroatoms. The molecule has 1 heterocycles. The van der Waals surface area contributed by atoms with E-state index in [4.69, 9.17) is 5.73 Å². The van der Waals surface area contributed by atoms with E-state index in [2.05, 4.69) is 42.5 Å². The van der Waals surface area contributed by atoms with E-state index >= 15 is 0 Å². The Morgan fingerprint density at radius 3 is 2.55 bits per heavy atom. The number of aromatic nitrogens is 2. The predicted octanol–water partition coefficient (Wildman–Crippen LogP) is 2.78. The molecule has 0 aromatic carbocycles. The normalized spacial score (nSPS) is 17.6. The number of anilines is 1. The molecule has 1 fully saturated rings. The van der Waals surface area contributed by atoms with Crippen LogP contribution in [0.2, 0.25) is 0 Å². The Hall–Kier alpha value is -1.03. The molecule has 0 saturated heterocycles. The van der Waals surface area contributed by atoms with Crippen LogP contribution in [0.3, 0.4) is 0 Å². The molecular formula is C16H30N4. The van der Waals surface area contributed by atoms with Crippen LogP contribution >= 0.6 is 0 Å². The first-order valence-electron chi connectivity index (χ1n) is 8.13. The summed E-state index contributed by atoms with van der Waals surface area (Å²) in [6.45, 7) is 7.58. The molecule has 20 heavy (non-hydrogen) atoms. The van der Waals surface area contributed by atoms with Gasteiger partial charge in [0.1, 0.15) is 5.82 Å². The third-order valence-corrected chi connectivity index (χ3v) is 4.68. The van der Waals surface area contributed by atoms with Gasteiger partial charge in [-0.3, -0.25) is 4.68 Å². The smallest absolute Gasteiger partial charge is 0.130 e. The number of nitrogens with zero attached hydrogens (tertiary/aromatic N) is 3. The Kier molecular flexibility index (Phi) is 5.08. The summed E-state index contributed by atoms with van der Waals surface area (Å²) in [6, 6.07) is 0.922. The number of hydrogen-bond acceptors (Lipinski definition) is 3. The molecule has 0 radical (unpaired) electrons. The molecule has 1 atom stereocenters. The van der Waals surface area contributed by atoms with Crippen LogP contribution in [0.5, 0.6) is 0 Å². The summed E-state index contributed by atoms with van der Waals surface area (Å²) < 4.78 is 2.06. The minimum Gasteiger partial charge on any atom is -0.354 e. The van der Waals surface area contributed by atoms with Crippen LogP contribution in [0.25, 0.3) is 0 Å². The van der Waals surface area contributed by atoms with E-state index in [0.29, 0.717) is 6.04 Å². The van der Waals surface area contributed by atoms with E-state index in [1.807, 2.05) is 0 Å². The molecule has 1 unspecified atom stereocenters. The molecule has 1 aliphatic carbocycles. The maximum atomic E-state index is 6.19. The van der Waals surface area contributed by atoms with Crippen molar-refractivity contribution < 1.29 is 0 Å². The average molecular weight is 278 g/mol. The van der Waals surface area contributed by atoms with Crippen molar-refractivity contribution in [2.24, 2.45) is 12.8 Å². The molecular weight excluding hydrogens is 248 g/mol. The Bertz CT molecular complexity index is 432. The molecule has 0 spiro atoms. The third kappa shape index (κ3) is 3.00. The fourth-order valence-electron chi connectivity index (χ4n) is 3.49. The van der Waals surface area contributed by atoms with E-state index in [-0.39, 0.29) is 6.04 Å². The maximum absolute atomic E-state index is 6.19. The molecule has 1 aliphatic rings. The van der Waals surface area contributed by atoms with Crippen molar-refractivity contribution in [3.63, 3.8) is 0 Å². The van der Waals surface area contributed by atoms with Gasteiger partial charge in [-0.25, -0.2) is 0 Å². The first-order chi connectivity index (χ1) is 9.58. The van der Waals surface area contributed by atoms with E-state index in [1.165, 1.54) is 37.1 Å². The van der Waals surface area contributed by atoms with E-state index in [9.17, 15) is 0 Å². The Balaban J connectivity index is 2.32. The summed E-state index contributed by atoms with van der Waals surface area (Å²) in [5.74, 6) is 1.31. The van der Waals surface area contributed by atoms with E-state index in [0.717, 1.165) is 25.1 Å². The highest BCUT2D eigenvalue weighted by molar-refractivity contribution is 5.51. The van der Waals surface area contributed by atoms with Gasteiger partial charge in [-0.1, -0.05) is 19.8 Å². The molecule has 2 N–H and O–H groups in total. The quantitative estimate of drug-likeness (QED) is 0.870. The molecule has 1 saturated carbocycles. The highest BCUT2D eigenvalue weighted by atomic mass is 15.4. The van der Waals surface area contributed by atoms with Crippen molar-refractivity contribution in [3.8, 4) is 0 Å². The lowest BCUT2D eigenvalue weighted by Crippen LogP contribution is -2.35. The highest BCUT2D eigenvalue weighted by Crippen LogP contribution is 2.32. The summed E-state index contributed by atoms with van der Waals surface area (Å²) >= 11 is 0. The lowest BCUT2D eigenvalue weighted by Gasteiger charge is -2.31. The fourth-order valence-corrected chi connectivity index (χ4v) is 3.49. The minimum absolute atomic E-state index is 0.235. The topological polar surface area (TPSA) is 47.1 Å². The standard InChI is InChI=1S/C16H30N4/c1-5-13(17)11-15-12(3)18-19(4)16(15)20(6-2)14-9-7-8-10-14/h13-14H,5-11,17H2,1-4H3. The van der Waals surface area contributed by atoms with Crippen LogP contribution in [-0.4, -0.2) is 28.4 Å². The Morgan fingerprint density at radius 1 is 1.35 bits per heavy atom. The largest absolute Gasteiger partial charge is 0.354 e. The van der Waals surface area contributed by atoms with Gasteiger partial charge in [-0.15, -0.1) is 0 Å². The van der Waals surface area contributed by atoms with Gasteiger partial charge in [-0.2, -0.15) is 5.10 Å². The van der Waals surface area contributed by atoms with Crippen LogP contribution in [0.15, 0.2) is 0 Å². The minimum atomic E-state index is 0.235. The summed E-state index contributed by atoms with van der Waals surface area (Å²) in [5, 5.41) is 4.66. The van der Waals surface area contributed by atoms with Crippen molar-refractivity contribution in [1.82, 2.24) is 9.78 Å². The first-order valence-corrected chi connectivity index (χ1v) is 8.13.